The van der Waals surface area contributed by atoms with Crippen molar-refractivity contribution in [2.24, 2.45) is 23.7 Å². The number of rotatable bonds is 4. The van der Waals surface area contributed by atoms with Gasteiger partial charge < -0.3 is 5.41 Å². The van der Waals surface area contributed by atoms with Crippen LogP contribution in [0, 0.1) is 29.1 Å². The van der Waals surface area contributed by atoms with Crippen LogP contribution in [0.25, 0.3) is 0 Å². The van der Waals surface area contributed by atoms with Crippen molar-refractivity contribution in [3.8, 4) is 0 Å². The number of ketones is 1. The van der Waals surface area contributed by atoms with E-state index in [-0.39, 0.29) is 11.7 Å². The number of Topliss-reactive ketones (excluding diaryl/α,β-unsaturated/α-hetero) is 1. The maximum atomic E-state index is 11.6. The van der Waals surface area contributed by atoms with Crippen LogP contribution >= 0.6 is 22.6 Å². The van der Waals surface area contributed by atoms with E-state index >= 15 is 0 Å². The van der Waals surface area contributed by atoms with Crippen LogP contribution in [-0.4, -0.2) is 12.0 Å². The van der Waals surface area contributed by atoms with Gasteiger partial charge in [0.15, 0.2) is 5.78 Å². The molecule has 0 aliphatic heterocycles. The second kappa shape index (κ2) is 5.27. The summed E-state index contributed by atoms with van der Waals surface area (Å²) in [5.74, 6) is 1.70. The highest BCUT2D eigenvalue weighted by Crippen LogP contribution is 2.54. The lowest BCUT2D eigenvalue weighted by Gasteiger charge is -2.32. The topological polar surface area (TPSA) is 40.9 Å². The first-order chi connectivity index (χ1) is 8.51. The van der Waals surface area contributed by atoms with E-state index in [9.17, 15) is 4.79 Å². The van der Waals surface area contributed by atoms with Crippen molar-refractivity contribution in [1.29, 1.82) is 5.41 Å². The van der Waals surface area contributed by atoms with Crippen molar-refractivity contribution < 1.29 is 4.79 Å². The first kappa shape index (κ1) is 14.0. The Morgan fingerprint density at radius 1 is 1.56 bits per heavy atom. The monoisotopic (exact) mass is 357 g/mol. The fourth-order valence-electron chi connectivity index (χ4n) is 3.42. The van der Waals surface area contributed by atoms with Gasteiger partial charge in [-0.2, -0.15) is 0 Å². The first-order valence-electron chi connectivity index (χ1n) is 6.60. The molecule has 2 rings (SSSR count). The summed E-state index contributed by atoms with van der Waals surface area (Å²) in [6, 6.07) is 0. The molecule has 18 heavy (non-hydrogen) atoms. The maximum Gasteiger partial charge on any atom is 0.176 e. The molecule has 0 aromatic carbocycles. The highest BCUT2D eigenvalue weighted by molar-refractivity contribution is 14.1. The Morgan fingerprint density at radius 3 is 2.78 bits per heavy atom. The molecule has 0 amide bonds. The fourth-order valence-corrected chi connectivity index (χ4v) is 4.31. The Kier molecular flexibility index (Phi) is 4.09. The number of nitrogens with one attached hydrogen (secondary N) is 1. The normalized spacial score (nSPS) is 35.2. The molecule has 0 saturated heterocycles. The van der Waals surface area contributed by atoms with Gasteiger partial charge in [0.1, 0.15) is 0 Å². The molecule has 4 atom stereocenters. The van der Waals surface area contributed by atoms with Crippen molar-refractivity contribution in [3.63, 3.8) is 0 Å². The van der Waals surface area contributed by atoms with Gasteiger partial charge >= 0.3 is 0 Å². The van der Waals surface area contributed by atoms with E-state index in [4.69, 9.17) is 5.41 Å². The van der Waals surface area contributed by atoms with Gasteiger partial charge in [0.05, 0.1) is 6.21 Å². The first-order valence-corrected chi connectivity index (χ1v) is 7.67. The number of hydrogen-bond donors (Lipinski definition) is 1. The summed E-state index contributed by atoms with van der Waals surface area (Å²) in [4.78, 5) is 11.6. The summed E-state index contributed by atoms with van der Waals surface area (Å²) in [6.45, 7) is 6.66. The fraction of sp³-hybridized carbons (Fsp3) is 0.600. The molecule has 1 fully saturated rings. The van der Waals surface area contributed by atoms with Crippen molar-refractivity contribution in [3.05, 3.63) is 20.8 Å². The molecule has 2 aliphatic rings. The number of carbonyl (C=O) groups is 1. The van der Waals surface area contributed by atoms with Crippen molar-refractivity contribution in [2.45, 2.75) is 33.6 Å². The smallest absolute Gasteiger partial charge is 0.176 e. The zero-order chi connectivity index (χ0) is 13.4. The van der Waals surface area contributed by atoms with Crippen LogP contribution in [0.5, 0.6) is 0 Å². The van der Waals surface area contributed by atoms with Crippen LogP contribution in [-0.2, 0) is 4.79 Å². The van der Waals surface area contributed by atoms with E-state index < -0.39 is 0 Å². The molecule has 0 spiro atoms. The number of halogens is 1. The molecule has 0 radical (unpaired) electrons. The minimum atomic E-state index is 0.0181. The molecule has 0 aromatic heterocycles. The third-order valence-electron chi connectivity index (χ3n) is 4.50. The molecular weight excluding hydrogens is 337 g/mol. The molecular formula is C15H20INO. The van der Waals surface area contributed by atoms with Gasteiger partial charge in [-0.3, -0.25) is 4.79 Å². The molecule has 2 nitrogen and oxygen atoms in total. The van der Waals surface area contributed by atoms with Gasteiger partial charge in [0.2, 0.25) is 0 Å². The maximum absolute atomic E-state index is 11.6. The average Bonchev–Trinajstić information content (AvgIpc) is 3.12. The van der Waals surface area contributed by atoms with Crippen LogP contribution in [0.4, 0.5) is 0 Å². The molecule has 1 N–H and O–H groups in total. The number of allylic oxidation sites excluding steroid dienone is 4. The predicted molar refractivity (Wildman–Crippen MR) is 83.1 cm³/mol. The molecule has 0 bridgehead atoms. The van der Waals surface area contributed by atoms with Crippen LogP contribution in [0.1, 0.15) is 33.6 Å². The van der Waals surface area contributed by atoms with Gasteiger partial charge in [-0.15, -0.1) is 0 Å². The summed E-state index contributed by atoms with van der Waals surface area (Å²) in [6.07, 6.45) is 5.39. The lowest BCUT2D eigenvalue weighted by molar-refractivity contribution is -0.114. The van der Waals surface area contributed by atoms with Crippen LogP contribution in [0.15, 0.2) is 20.8 Å². The van der Waals surface area contributed by atoms with Crippen molar-refractivity contribution >= 4 is 34.6 Å². The third-order valence-corrected chi connectivity index (χ3v) is 5.66. The van der Waals surface area contributed by atoms with Crippen molar-refractivity contribution in [1.82, 2.24) is 0 Å². The third kappa shape index (κ3) is 2.33. The lowest BCUT2D eigenvalue weighted by atomic mass is 9.73. The molecule has 3 heteroatoms. The Bertz CT molecular complexity index is 449. The van der Waals surface area contributed by atoms with Crippen molar-refractivity contribution in [2.75, 3.05) is 0 Å². The second-order valence-corrected chi connectivity index (χ2v) is 6.67. The zero-order valence-corrected chi connectivity index (χ0v) is 13.3. The Labute approximate surface area is 123 Å². The summed E-state index contributed by atoms with van der Waals surface area (Å²) >= 11 is 2.42. The van der Waals surface area contributed by atoms with E-state index in [1.165, 1.54) is 14.7 Å². The van der Waals surface area contributed by atoms with E-state index in [1.807, 2.05) is 0 Å². The summed E-state index contributed by atoms with van der Waals surface area (Å²) in [5.41, 5.74) is 2.89. The highest BCUT2D eigenvalue weighted by Gasteiger charge is 2.50. The standard InChI is InChI=1S/C15H20INO/c1-4-10-9(3)13(16)5-8(2)15(10)12-6-11(12)14(18)7-17/h5,7,10-12,15,17H,4,6H2,1-3H3. The Morgan fingerprint density at radius 2 is 2.22 bits per heavy atom. The molecule has 2 aliphatic carbocycles. The minimum Gasteiger partial charge on any atom is -0.305 e. The van der Waals surface area contributed by atoms with Crippen LogP contribution < -0.4 is 0 Å². The lowest BCUT2D eigenvalue weighted by Crippen LogP contribution is -2.24. The van der Waals surface area contributed by atoms with Gasteiger partial charge in [0, 0.05) is 9.50 Å². The van der Waals surface area contributed by atoms with Gasteiger partial charge in [-0.05, 0) is 73.1 Å². The van der Waals surface area contributed by atoms with E-state index in [2.05, 4.69) is 49.4 Å². The molecule has 0 aromatic rings. The van der Waals surface area contributed by atoms with E-state index in [0.717, 1.165) is 19.1 Å². The SMILES string of the molecule is CCC1C(C)=C(I)C=C(C)C1C1CC1C(=O)C=N. The van der Waals surface area contributed by atoms with Gasteiger partial charge in [0.25, 0.3) is 0 Å². The molecule has 4 unspecified atom stereocenters. The molecule has 1 saturated carbocycles. The minimum absolute atomic E-state index is 0.0181. The predicted octanol–water partition coefficient (Wildman–Crippen LogP) is 4.15. The van der Waals surface area contributed by atoms with Crippen LogP contribution in [0.2, 0.25) is 0 Å². The quantitative estimate of drug-likeness (QED) is 0.596. The summed E-state index contributed by atoms with van der Waals surface area (Å²) in [5, 5.41) is 7.10. The van der Waals surface area contributed by atoms with Gasteiger partial charge in [-0.25, -0.2) is 0 Å². The second-order valence-electron chi connectivity index (χ2n) is 5.51. The highest BCUT2D eigenvalue weighted by atomic mass is 127. The van der Waals surface area contributed by atoms with Gasteiger partial charge in [-0.1, -0.05) is 18.1 Å². The van der Waals surface area contributed by atoms with Crippen LogP contribution in [0.3, 0.4) is 0 Å². The zero-order valence-electron chi connectivity index (χ0n) is 11.2. The summed E-state index contributed by atoms with van der Waals surface area (Å²) < 4.78 is 1.36. The Balaban J connectivity index is 2.22. The molecule has 98 valence electrons. The summed E-state index contributed by atoms with van der Waals surface area (Å²) in [7, 11) is 0. The number of carbonyl (C=O) groups excluding carboxylic acids is 1. The number of hydrogen-bond acceptors (Lipinski definition) is 2. The molecule has 0 heterocycles. The van der Waals surface area contributed by atoms with E-state index in [1.54, 1.807) is 0 Å². The largest absolute Gasteiger partial charge is 0.305 e. The van der Waals surface area contributed by atoms with E-state index in [0.29, 0.717) is 17.8 Å². The average molecular weight is 357 g/mol. The Hall–Kier alpha value is -0.450.